The third kappa shape index (κ3) is 4.95. The summed E-state index contributed by atoms with van der Waals surface area (Å²) in [7, 11) is -2.66. The Balaban J connectivity index is 1.38. The first kappa shape index (κ1) is 28.6. The van der Waals surface area contributed by atoms with E-state index in [9.17, 15) is 17.6 Å². The highest BCUT2D eigenvalue weighted by Gasteiger charge is 2.48. The molecule has 0 radical (unpaired) electrons. The maximum Gasteiger partial charge on any atom is 0.311 e. The summed E-state index contributed by atoms with van der Waals surface area (Å²) < 4.78 is 48.5. The molecular weight excluding hydrogens is 602 g/mol. The fourth-order valence-corrected chi connectivity index (χ4v) is 8.75. The number of fused-ring (bicyclic) bond motifs is 4. The van der Waals surface area contributed by atoms with Gasteiger partial charge in [0.05, 0.1) is 34.7 Å². The highest BCUT2D eigenvalue weighted by atomic mass is 32.2. The molecule has 5 aromatic rings. The van der Waals surface area contributed by atoms with Gasteiger partial charge in [-0.15, -0.1) is 11.3 Å². The number of hydrogen-bond donors (Lipinski definition) is 1. The molecule has 1 aromatic carbocycles. The largest absolute Gasteiger partial charge is 0.469 e. The quantitative estimate of drug-likeness (QED) is 0.208. The molecule has 0 spiro atoms. The van der Waals surface area contributed by atoms with E-state index in [2.05, 4.69) is 10.3 Å². The van der Waals surface area contributed by atoms with Crippen LogP contribution in [0.25, 0.3) is 33.0 Å². The number of carbonyl (C=O) groups is 1. The zero-order chi connectivity index (χ0) is 30.6. The molecule has 3 aliphatic carbocycles. The number of benzene rings is 1. The van der Waals surface area contributed by atoms with E-state index in [0.717, 1.165) is 46.3 Å². The molecule has 44 heavy (non-hydrogen) atoms. The standard InChI is InChI=1S/C32H30FN5O4S2/c1-18-5-11-22(12-6-18)44(40,41)38-17-24(23-14-21(33)16-34-31(23)38)30-35-25(26-4-3-13-43-26)15-27(37-30)36-29-20-9-7-19(8-10-20)28(29)32(39)42-2/h3-6,11-17,19-20,28-29H,7-10H2,1-2H3,(H,35,36,37). The number of hydrogen-bond acceptors (Lipinski definition) is 9. The molecule has 226 valence electrons. The number of nitrogens with one attached hydrogen (secondary N) is 1. The molecule has 4 heterocycles. The summed E-state index contributed by atoms with van der Waals surface area (Å²) >= 11 is 1.50. The number of methoxy groups -OCH3 is 1. The van der Waals surface area contributed by atoms with Crippen LogP contribution in [-0.2, 0) is 19.6 Å². The van der Waals surface area contributed by atoms with E-state index in [1.807, 2.05) is 30.5 Å². The van der Waals surface area contributed by atoms with E-state index in [0.29, 0.717) is 17.1 Å². The molecule has 0 saturated heterocycles. The molecule has 3 fully saturated rings. The number of esters is 1. The average molecular weight is 632 g/mol. The lowest BCUT2D eigenvalue weighted by Gasteiger charge is -2.47. The zero-order valence-electron chi connectivity index (χ0n) is 24.1. The van der Waals surface area contributed by atoms with Gasteiger partial charge in [-0.25, -0.2) is 31.7 Å². The minimum atomic E-state index is -4.08. The summed E-state index contributed by atoms with van der Waals surface area (Å²) in [5, 5.41) is 5.76. The first-order valence-electron chi connectivity index (χ1n) is 14.5. The monoisotopic (exact) mass is 631 g/mol. The van der Waals surface area contributed by atoms with Crippen molar-refractivity contribution < 1.29 is 22.3 Å². The number of thiophene rings is 1. The number of rotatable bonds is 7. The van der Waals surface area contributed by atoms with Gasteiger partial charge in [0.2, 0.25) is 0 Å². The first-order chi connectivity index (χ1) is 21.2. The lowest BCUT2D eigenvalue weighted by Crippen LogP contribution is -2.51. The van der Waals surface area contributed by atoms with E-state index in [1.165, 1.54) is 42.8 Å². The van der Waals surface area contributed by atoms with Crippen LogP contribution >= 0.6 is 11.3 Å². The highest BCUT2D eigenvalue weighted by molar-refractivity contribution is 7.90. The Hall–Kier alpha value is -4.16. The molecule has 3 aliphatic rings. The van der Waals surface area contributed by atoms with E-state index in [-0.39, 0.29) is 51.5 Å². The Kier molecular flexibility index (Phi) is 7.20. The molecule has 3 saturated carbocycles. The van der Waals surface area contributed by atoms with Gasteiger partial charge in [-0.1, -0.05) is 23.8 Å². The Morgan fingerprint density at radius 2 is 1.82 bits per heavy atom. The number of carbonyl (C=O) groups excluding carboxylic acids is 1. The molecule has 0 amide bonds. The minimum Gasteiger partial charge on any atom is -0.469 e. The van der Waals surface area contributed by atoms with Crippen LogP contribution in [0.15, 0.2) is 71.2 Å². The second-order valence-electron chi connectivity index (χ2n) is 11.5. The topological polar surface area (TPSA) is 116 Å². The molecular formula is C32H30FN5O4S2. The van der Waals surface area contributed by atoms with Gasteiger partial charge < -0.3 is 10.1 Å². The summed E-state index contributed by atoms with van der Waals surface area (Å²) in [6, 6.07) is 13.3. The van der Waals surface area contributed by atoms with Gasteiger partial charge in [-0.05, 0) is 74.1 Å². The van der Waals surface area contributed by atoms with Crippen LogP contribution in [0.4, 0.5) is 10.2 Å². The molecule has 12 heteroatoms. The van der Waals surface area contributed by atoms with Gasteiger partial charge >= 0.3 is 5.97 Å². The van der Waals surface area contributed by atoms with Crippen LogP contribution in [0.3, 0.4) is 0 Å². The number of aromatic nitrogens is 4. The maximum atomic E-state index is 14.6. The third-order valence-corrected chi connectivity index (χ3v) is 11.5. The van der Waals surface area contributed by atoms with Crippen molar-refractivity contribution in [3.63, 3.8) is 0 Å². The fourth-order valence-electron chi connectivity index (χ4n) is 6.73. The normalized spacial score (nSPS) is 21.4. The lowest BCUT2D eigenvalue weighted by molar-refractivity contribution is -0.152. The lowest BCUT2D eigenvalue weighted by atomic mass is 9.61. The molecule has 2 unspecified atom stereocenters. The van der Waals surface area contributed by atoms with Gasteiger partial charge in [0, 0.05) is 29.3 Å². The number of aryl methyl sites for hydroxylation is 1. The maximum absolute atomic E-state index is 14.6. The van der Waals surface area contributed by atoms with Gasteiger partial charge in [0.15, 0.2) is 11.5 Å². The van der Waals surface area contributed by atoms with Gasteiger partial charge in [-0.3, -0.25) is 4.79 Å². The van der Waals surface area contributed by atoms with Crippen LogP contribution in [0.2, 0.25) is 0 Å². The van der Waals surface area contributed by atoms with Crippen molar-refractivity contribution in [1.29, 1.82) is 0 Å². The Bertz CT molecular complexity index is 1970. The third-order valence-electron chi connectivity index (χ3n) is 8.90. The smallest absolute Gasteiger partial charge is 0.311 e. The van der Waals surface area contributed by atoms with Crippen LogP contribution in [0, 0.1) is 30.5 Å². The van der Waals surface area contributed by atoms with Crippen LogP contribution in [0.5, 0.6) is 0 Å². The van der Waals surface area contributed by atoms with Crippen molar-refractivity contribution in [2.24, 2.45) is 17.8 Å². The molecule has 9 nitrogen and oxygen atoms in total. The van der Waals surface area contributed by atoms with Crippen LogP contribution in [0.1, 0.15) is 31.2 Å². The molecule has 8 rings (SSSR count). The van der Waals surface area contributed by atoms with Gasteiger partial charge in [-0.2, -0.15) is 0 Å². The molecule has 1 N–H and O–H groups in total. The van der Waals surface area contributed by atoms with Crippen molar-refractivity contribution in [1.82, 2.24) is 18.9 Å². The predicted octanol–water partition coefficient (Wildman–Crippen LogP) is 6.30. The number of anilines is 1. The summed E-state index contributed by atoms with van der Waals surface area (Å²) in [6.07, 6.45) is 6.41. The van der Waals surface area contributed by atoms with Crippen molar-refractivity contribution in [2.45, 2.75) is 43.5 Å². The summed E-state index contributed by atoms with van der Waals surface area (Å²) in [6.45, 7) is 1.87. The first-order valence-corrected chi connectivity index (χ1v) is 16.8. The zero-order valence-corrected chi connectivity index (χ0v) is 25.7. The van der Waals surface area contributed by atoms with Crippen LogP contribution < -0.4 is 5.32 Å². The van der Waals surface area contributed by atoms with Crippen molar-refractivity contribution in [3.8, 4) is 22.0 Å². The van der Waals surface area contributed by atoms with Crippen LogP contribution in [-0.4, -0.2) is 46.5 Å². The van der Waals surface area contributed by atoms with Crippen molar-refractivity contribution >= 4 is 44.2 Å². The molecule has 0 aliphatic heterocycles. The number of pyridine rings is 1. The molecule has 2 atom stereocenters. The van der Waals surface area contributed by atoms with E-state index in [1.54, 1.807) is 12.1 Å². The second-order valence-corrected chi connectivity index (χ2v) is 14.3. The van der Waals surface area contributed by atoms with Gasteiger partial charge in [0.1, 0.15) is 11.6 Å². The SMILES string of the molecule is COC(=O)C1C2CCC(CC2)C1Nc1cc(-c2cccs2)nc(-c2cn(S(=O)(=O)c3ccc(C)cc3)c3ncc(F)cc23)n1. The summed E-state index contributed by atoms with van der Waals surface area (Å²) in [4.78, 5) is 27.7. The van der Waals surface area contributed by atoms with Gasteiger partial charge in [0.25, 0.3) is 10.0 Å². The van der Waals surface area contributed by atoms with E-state index < -0.39 is 15.8 Å². The predicted molar refractivity (Wildman–Crippen MR) is 166 cm³/mol. The number of ether oxygens (including phenoxy) is 1. The number of halogens is 1. The van der Waals surface area contributed by atoms with E-state index in [4.69, 9.17) is 14.7 Å². The summed E-state index contributed by atoms with van der Waals surface area (Å²) in [5.74, 6) is 0.0954. The molecule has 4 aromatic heterocycles. The van der Waals surface area contributed by atoms with E-state index >= 15 is 0 Å². The minimum absolute atomic E-state index is 0.0666. The Labute approximate surface area is 258 Å². The van der Waals surface area contributed by atoms with Crippen molar-refractivity contribution in [3.05, 3.63) is 77.7 Å². The Morgan fingerprint density at radius 3 is 2.52 bits per heavy atom. The molecule has 2 bridgehead atoms. The Morgan fingerprint density at radius 1 is 1.07 bits per heavy atom. The second kappa shape index (κ2) is 11.1. The highest BCUT2D eigenvalue weighted by Crippen LogP contribution is 2.47. The fraction of sp³-hybridized carbons (Fsp3) is 0.312. The number of nitrogens with zero attached hydrogens (tertiary/aromatic N) is 4. The average Bonchev–Trinajstić information content (AvgIpc) is 3.70. The summed E-state index contributed by atoms with van der Waals surface area (Å²) in [5.41, 5.74) is 1.92. The van der Waals surface area contributed by atoms with Crippen molar-refractivity contribution in [2.75, 3.05) is 12.4 Å².